The molecule has 2 heterocycles. The number of amides is 1. The Morgan fingerprint density at radius 2 is 1.80 bits per heavy atom. The molecule has 0 fully saturated rings. The first-order valence-electron chi connectivity index (χ1n) is 8.56. The monoisotopic (exact) mass is 331 g/mol. The summed E-state index contributed by atoms with van der Waals surface area (Å²) in [6, 6.07) is 20.7. The van der Waals surface area contributed by atoms with E-state index in [-0.39, 0.29) is 11.8 Å². The number of hydrogen-bond donors (Lipinski definition) is 0. The zero-order valence-electron chi connectivity index (χ0n) is 14.5. The van der Waals surface area contributed by atoms with Crippen LogP contribution in [0.4, 0.5) is 0 Å². The molecule has 0 saturated carbocycles. The first kappa shape index (κ1) is 15.6. The van der Waals surface area contributed by atoms with E-state index < -0.39 is 0 Å². The van der Waals surface area contributed by atoms with E-state index in [9.17, 15) is 4.79 Å². The predicted molar refractivity (Wildman–Crippen MR) is 97.4 cm³/mol. The number of carbonyl (C=O) groups is 1. The Bertz CT molecular complexity index is 894. The average Bonchev–Trinajstić information content (AvgIpc) is 2.99. The number of rotatable bonds is 2. The minimum Gasteiger partial charge on any atom is -0.332 e. The molecule has 0 saturated heterocycles. The summed E-state index contributed by atoms with van der Waals surface area (Å²) in [5, 5.41) is 4.36. The lowest BCUT2D eigenvalue weighted by atomic mass is 9.84. The van der Waals surface area contributed by atoms with Crippen molar-refractivity contribution >= 4 is 5.91 Å². The first-order valence-corrected chi connectivity index (χ1v) is 8.56. The summed E-state index contributed by atoms with van der Waals surface area (Å²) in [5.41, 5.74) is 5.27. The number of benzene rings is 2. The number of nitrogens with zero attached hydrogens (tertiary/aromatic N) is 3. The Kier molecular flexibility index (Phi) is 3.88. The van der Waals surface area contributed by atoms with Crippen LogP contribution in [-0.4, -0.2) is 27.1 Å². The molecule has 1 aliphatic heterocycles. The summed E-state index contributed by atoms with van der Waals surface area (Å²) in [5.74, 6) is 0.194. The van der Waals surface area contributed by atoms with Gasteiger partial charge in [-0.25, -0.2) is 0 Å². The lowest BCUT2D eigenvalue weighted by molar-refractivity contribution is 0.0718. The number of fused-ring (bicyclic) bond motifs is 1. The topological polar surface area (TPSA) is 38.1 Å². The van der Waals surface area contributed by atoms with E-state index in [0.717, 1.165) is 5.69 Å². The fourth-order valence-corrected chi connectivity index (χ4v) is 3.56. The van der Waals surface area contributed by atoms with Crippen molar-refractivity contribution in [1.82, 2.24) is 14.7 Å². The Morgan fingerprint density at radius 1 is 1.08 bits per heavy atom. The molecule has 25 heavy (non-hydrogen) atoms. The van der Waals surface area contributed by atoms with Crippen molar-refractivity contribution < 1.29 is 4.79 Å². The van der Waals surface area contributed by atoms with Crippen LogP contribution in [0.2, 0.25) is 0 Å². The van der Waals surface area contributed by atoms with Gasteiger partial charge < -0.3 is 4.90 Å². The third kappa shape index (κ3) is 2.84. The maximum Gasteiger partial charge on any atom is 0.274 e. The molecule has 0 N–H and O–H groups in total. The maximum atomic E-state index is 13.0. The van der Waals surface area contributed by atoms with Gasteiger partial charge in [0.1, 0.15) is 0 Å². The van der Waals surface area contributed by atoms with Crippen LogP contribution in [0.5, 0.6) is 0 Å². The maximum absolute atomic E-state index is 13.0. The lowest BCUT2D eigenvalue weighted by Crippen LogP contribution is -2.38. The van der Waals surface area contributed by atoms with Gasteiger partial charge in [0.05, 0.1) is 0 Å². The van der Waals surface area contributed by atoms with Crippen LogP contribution >= 0.6 is 0 Å². The van der Waals surface area contributed by atoms with Crippen molar-refractivity contribution in [2.45, 2.75) is 19.4 Å². The highest BCUT2D eigenvalue weighted by molar-refractivity contribution is 5.92. The fraction of sp³-hybridized carbons (Fsp3) is 0.238. The highest BCUT2D eigenvalue weighted by atomic mass is 16.2. The van der Waals surface area contributed by atoms with Crippen molar-refractivity contribution in [1.29, 1.82) is 0 Å². The van der Waals surface area contributed by atoms with Gasteiger partial charge in [0.25, 0.3) is 5.91 Å². The van der Waals surface area contributed by atoms with Crippen LogP contribution in [0.25, 0.3) is 0 Å². The van der Waals surface area contributed by atoms with E-state index in [1.807, 2.05) is 37.1 Å². The molecule has 1 aromatic heterocycles. The predicted octanol–water partition coefficient (Wildman–Crippen LogP) is 3.52. The molecule has 0 spiro atoms. The van der Waals surface area contributed by atoms with Crippen LogP contribution in [-0.2, 0) is 13.6 Å². The van der Waals surface area contributed by atoms with Gasteiger partial charge in [0.2, 0.25) is 0 Å². The molecule has 4 rings (SSSR count). The van der Waals surface area contributed by atoms with Crippen LogP contribution in [0.1, 0.15) is 38.8 Å². The summed E-state index contributed by atoms with van der Waals surface area (Å²) in [7, 11) is 1.87. The Balaban J connectivity index is 1.71. The number of carbonyl (C=O) groups excluding carboxylic acids is 1. The van der Waals surface area contributed by atoms with Crippen molar-refractivity contribution in [2.75, 3.05) is 6.54 Å². The molecule has 1 aliphatic rings. The van der Waals surface area contributed by atoms with Crippen molar-refractivity contribution in [3.05, 3.63) is 88.7 Å². The van der Waals surface area contributed by atoms with Gasteiger partial charge in [0, 0.05) is 31.7 Å². The largest absolute Gasteiger partial charge is 0.332 e. The van der Waals surface area contributed by atoms with Gasteiger partial charge in [-0.3, -0.25) is 9.48 Å². The van der Waals surface area contributed by atoms with E-state index in [1.54, 1.807) is 4.68 Å². The van der Waals surface area contributed by atoms with Gasteiger partial charge in [-0.1, -0.05) is 54.6 Å². The third-order valence-corrected chi connectivity index (χ3v) is 5.02. The molecule has 4 nitrogen and oxygen atoms in total. The smallest absolute Gasteiger partial charge is 0.274 e. The van der Waals surface area contributed by atoms with Gasteiger partial charge in [0.15, 0.2) is 5.69 Å². The van der Waals surface area contributed by atoms with E-state index in [0.29, 0.717) is 18.8 Å². The van der Waals surface area contributed by atoms with Crippen molar-refractivity contribution in [3.63, 3.8) is 0 Å². The molecule has 0 radical (unpaired) electrons. The Morgan fingerprint density at radius 3 is 2.52 bits per heavy atom. The molecule has 3 aromatic rings. The fourth-order valence-electron chi connectivity index (χ4n) is 3.56. The van der Waals surface area contributed by atoms with E-state index in [2.05, 4.69) is 47.6 Å². The van der Waals surface area contributed by atoms with Crippen LogP contribution < -0.4 is 0 Å². The summed E-state index contributed by atoms with van der Waals surface area (Å²) >= 11 is 0. The second-order valence-corrected chi connectivity index (χ2v) is 6.64. The summed E-state index contributed by atoms with van der Waals surface area (Å²) < 4.78 is 1.75. The molecule has 1 amide bonds. The highest BCUT2D eigenvalue weighted by Crippen LogP contribution is 2.33. The minimum absolute atomic E-state index is 0.000802. The van der Waals surface area contributed by atoms with Gasteiger partial charge in [-0.2, -0.15) is 5.10 Å². The average molecular weight is 331 g/mol. The molecule has 0 aliphatic carbocycles. The summed E-state index contributed by atoms with van der Waals surface area (Å²) in [4.78, 5) is 14.9. The van der Waals surface area contributed by atoms with Gasteiger partial charge >= 0.3 is 0 Å². The molecule has 1 atom stereocenters. The highest BCUT2D eigenvalue weighted by Gasteiger charge is 2.30. The number of hydrogen-bond acceptors (Lipinski definition) is 2. The minimum atomic E-state index is -0.000802. The van der Waals surface area contributed by atoms with E-state index in [4.69, 9.17) is 0 Å². The Labute approximate surface area is 147 Å². The summed E-state index contributed by atoms with van der Waals surface area (Å²) in [6.07, 6.45) is 0. The lowest BCUT2D eigenvalue weighted by Gasteiger charge is -2.34. The molecule has 1 unspecified atom stereocenters. The SMILES string of the molecule is Cc1cc(C(=O)N2Cc3ccccc3C(c3ccccc3)C2)nn1C. The third-order valence-electron chi connectivity index (χ3n) is 5.02. The normalized spacial score (nSPS) is 16.6. The summed E-state index contributed by atoms with van der Waals surface area (Å²) in [6.45, 7) is 3.27. The molecular formula is C21H21N3O. The van der Waals surface area contributed by atoms with Crippen molar-refractivity contribution in [2.24, 2.45) is 7.05 Å². The van der Waals surface area contributed by atoms with E-state index >= 15 is 0 Å². The Hall–Kier alpha value is -2.88. The van der Waals surface area contributed by atoms with Gasteiger partial charge in [-0.15, -0.1) is 0 Å². The molecule has 4 heteroatoms. The van der Waals surface area contributed by atoms with E-state index in [1.165, 1.54) is 16.7 Å². The van der Waals surface area contributed by atoms with Crippen LogP contribution in [0.15, 0.2) is 60.7 Å². The van der Waals surface area contributed by atoms with Crippen LogP contribution in [0.3, 0.4) is 0 Å². The van der Waals surface area contributed by atoms with Crippen molar-refractivity contribution in [3.8, 4) is 0 Å². The molecular weight excluding hydrogens is 310 g/mol. The first-order chi connectivity index (χ1) is 12.1. The second-order valence-electron chi connectivity index (χ2n) is 6.64. The number of aryl methyl sites for hydroxylation is 2. The number of aromatic nitrogens is 2. The zero-order valence-corrected chi connectivity index (χ0v) is 14.5. The van der Waals surface area contributed by atoms with Gasteiger partial charge in [-0.05, 0) is 29.7 Å². The standard InChI is InChI=1S/C21H21N3O/c1-15-12-20(22-23(15)2)21(25)24-13-17-10-6-7-11-18(17)19(14-24)16-8-4-3-5-9-16/h3-12,19H,13-14H2,1-2H3. The molecule has 126 valence electrons. The second kappa shape index (κ2) is 6.20. The zero-order chi connectivity index (χ0) is 17.4. The van der Waals surface area contributed by atoms with Crippen LogP contribution in [0, 0.1) is 6.92 Å². The molecule has 0 bridgehead atoms. The quantitative estimate of drug-likeness (QED) is 0.721. The molecule has 2 aromatic carbocycles.